The maximum Gasteiger partial charge on any atom is 0.355 e. The van der Waals surface area contributed by atoms with E-state index in [1.54, 1.807) is 36.6 Å². The lowest BCUT2D eigenvalue weighted by atomic mass is 10.1. The fraction of sp³-hybridized carbons (Fsp3) is 0.250. The molecule has 0 radical (unpaired) electrons. The van der Waals surface area contributed by atoms with Gasteiger partial charge in [-0.2, -0.15) is 0 Å². The molecule has 2 rings (SSSR count). The number of nitrogens with zero attached hydrogens (tertiary/aromatic N) is 1. The highest BCUT2D eigenvalue weighted by atomic mass is 16.5. The predicted octanol–water partition coefficient (Wildman–Crippen LogP) is 2.78. The number of benzene rings is 1. The second kappa shape index (κ2) is 8.84. The fourth-order valence-electron chi connectivity index (χ4n) is 2.55. The first kappa shape index (κ1) is 20.0. The molecule has 0 atom stereocenters. The maximum atomic E-state index is 12.5. The highest BCUT2D eigenvalue weighted by Crippen LogP contribution is 2.35. The van der Waals surface area contributed by atoms with E-state index in [-0.39, 0.29) is 17.1 Å². The maximum absolute atomic E-state index is 12.5. The van der Waals surface area contributed by atoms with E-state index in [0.29, 0.717) is 23.6 Å². The number of allylic oxidation sites excluding steroid dienone is 2. The number of rotatable bonds is 6. The minimum Gasteiger partial charge on any atom is -0.492 e. The smallest absolute Gasteiger partial charge is 0.355 e. The summed E-state index contributed by atoms with van der Waals surface area (Å²) in [5.41, 5.74) is 0.829. The van der Waals surface area contributed by atoms with Crippen LogP contribution < -0.4 is 9.64 Å². The van der Waals surface area contributed by atoms with Gasteiger partial charge in [-0.25, -0.2) is 9.59 Å². The summed E-state index contributed by atoms with van der Waals surface area (Å²) in [4.78, 5) is 38.0. The SMILES string of the molecule is CCOc1ccc(C(C)=O)cc1N1C=CC=CC(C(=O)OC)=C1C(=O)OC. The Balaban J connectivity index is 2.76. The number of anilines is 1. The zero-order valence-electron chi connectivity index (χ0n) is 15.6. The first-order valence-corrected chi connectivity index (χ1v) is 8.27. The molecule has 0 aliphatic carbocycles. The van der Waals surface area contributed by atoms with Gasteiger partial charge in [0.25, 0.3) is 0 Å². The van der Waals surface area contributed by atoms with Crippen molar-refractivity contribution in [2.24, 2.45) is 0 Å². The molecule has 7 nitrogen and oxygen atoms in total. The van der Waals surface area contributed by atoms with Gasteiger partial charge in [0.1, 0.15) is 11.4 Å². The van der Waals surface area contributed by atoms with Gasteiger partial charge in [-0.1, -0.05) is 6.08 Å². The van der Waals surface area contributed by atoms with Crippen LogP contribution >= 0.6 is 0 Å². The van der Waals surface area contributed by atoms with E-state index in [4.69, 9.17) is 14.2 Å². The van der Waals surface area contributed by atoms with Crippen LogP contribution in [-0.4, -0.2) is 38.5 Å². The molecule has 0 amide bonds. The van der Waals surface area contributed by atoms with Crippen molar-refractivity contribution in [2.75, 3.05) is 25.7 Å². The molecule has 0 bridgehead atoms. The summed E-state index contributed by atoms with van der Waals surface area (Å²) >= 11 is 0. The van der Waals surface area contributed by atoms with Gasteiger partial charge in [0.15, 0.2) is 5.78 Å². The summed E-state index contributed by atoms with van der Waals surface area (Å²) in [6, 6.07) is 4.88. The molecule has 0 spiro atoms. The van der Waals surface area contributed by atoms with Gasteiger partial charge < -0.3 is 19.1 Å². The number of carbonyl (C=O) groups excluding carboxylic acids is 3. The third kappa shape index (κ3) is 4.25. The van der Waals surface area contributed by atoms with Crippen molar-refractivity contribution in [3.05, 3.63) is 59.5 Å². The summed E-state index contributed by atoms with van der Waals surface area (Å²) in [7, 11) is 2.44. The molecule has 1 heterocycles. The molecule has 0 fully saturated rings. The van der Waals surface area contributed by atoms with Crippen LogP contribution in [0.25, 0.3) is 0 Å². The molecule has 1 aliphatic heterocycles. The monoisotopic (exact) mass is 371 g/mol. The van der Waals surface area contributed by atoms with Crippen LogP contribution in [0, 0.1) is 0 Å². The Morgan fingerprint density at radius 2 is 1.74 bits per heavy atom. The van der Waals surface area contributed by atoms with Crippen LogP contribution in [-0.2, 0) is 19.1 Å². The van der Waals surface area contributed by atoms with Crippen molar-refractivity contribution in [1.29, 1.82) is 0 Å². The van der Waals surface area contributed by atoms with E-state index < -0.39 is 11.9 Å². The van der Waals surface area contributed by atoms with Crippen molar-refractivity contribution in [2.45, 2.75) is 13.8 Å². The van der Waals surface area contributed by atoms with Gasteiger partial charge in [-0.3, -0.25) is 4.79 Å². The number of Topliss-reactive ketones (excluding diaryl/α,β-unsaturated/α-hetero) is 1. The third-order valence-electron chi connectivity index (χ3n) is 3.81. The van der Waals surface area contributed by atoms with Gasteiger partial charge in [-0.05, 0) is 44.2 Å². The van der Waals surface area contributed by atoms with E-state index in [2.05, 4.69) is 0 Å². The summed E-state index contributed by atoms with van der Waals surface area (Å²) < 4.78 is 15.3. The Bertz CT molecular complexity index is 850. The van der Waals surface area contributed by atoms with Crippen molar-refractivity contribution in [3.8, 4) is 5.75 Å². The summed E-state index contributed by atoms with van der Waals surface area (Å²) in [5.74, 6) is -1.13. The fourth-order valence-corrected chi connectivity index (χ4v) is 2.55. The van der Waals surface area contributed by atoms with E-state index in [9.17, 15) is 14.4 Å². The minimum atomic E-state index is -0.734. The molecular weight excluding hydrogens is 350 g/mol. The molecule has 27 heavy (non-hydrogen) atoms. The Morgan fingerprint density at radius 3 is 2.33 bits per heavy atom. The number of esters is 2. The largest absolute Gasteiger partial charge is 0.492 e. The molecule has 1 aromatic carbocycles. The van der Waals surface area contributed by atoms with Gasteiger partial charge in [0.05, 0.1) is 32.1 Å². The number of hydrogen-bond acceptors (Lipinski definition) is 7. The molecule has 0 aromatic heterocycles. The van der Waals surface area contributed by atoms with Crippen LogP contribution in [0.4, 0.5) is 5.69 Å². The van der Waals surface area contributed by atoms with Gasteiger partial charge in [-0.15, -0.1) is 0 Å². The first-order valence-electron chi connectivity index (χ1n) is 8.27. The van der Waals surface area contributed by atoms with Crippen molar-refractivity contribution in [1.82, 2.24) is 0 Å². The van der Waals surface area contributed by atoms with Crippen LogP contribution in [0.5, 0.6) is 5.75 Å². The second-order valence-corrected chi connectivity index (χ2v) is 5.49. The van der Waals surface area contributed by atoms with Crippen molar-refractivity contribution >= 4 is 23.4 Å². The number of ether oxygens (including phenoxy) is 3. The third-order valence-corrected chi connectivity index (χ3v) is 3.81. The van der Waals surface area contributed by atoms with Gasteiger partial charge >= 0.3 is 11.9 Å². The second-order valence-electron chi connectivity index (χ2n) is 5.49. The zero-order valence-corrected chi connectivity index (χ0v) is 15.6. The number of carbonyl (C=O) groups is 3. The molecular formula is C20H21NO6. The van der Waals surface area contributed by atoms with Crippen LogP contribution in [0.15, 0.2) is 53.9 Å². The summed E-state index contributed by atoms with van der Waals surface area (Å²) in [5, 5.41) is 0. The molecule has 142 valence electrons. The number of methoxy groups -OCH3 is 2. The highest BCUT2D eigenvalue weighted by Gasteiger charge is 2.29. The minimum absolute atomic E-state index is 0.0185. The van der Waals surface area contributed by atoms with Crippen LogP contribution in [0.3, 0.4) is 0 Å². The molecule has 1 aliphatic rings. The molecule has 0 saturated carbocycles. The molecule has 7 heteroatoms. The van der Waals surface area contributed by atoms with E-state index >= 15 is 0 Å². The van der Waals surface area contributed by atoms with Gasteiger partial charge in [0.2, 0.25) is 0 Å². The zero-order chi connectivity index (χ0) is 20.0. The lowest BCUT2D eigenvalue weighted by molar-refractivity contribution is -0.139. The lowest BCUT2D eigenvalue weighted by Gasteiger charge is -2.25. The Morgan fingerprint density at radius 1 is 1.04 bits per heavy atom. The average Bonchev–Trinajstić information content (AvgIpc) is 2.90. The number of ketones is 1. The predicted molar refractivity (Wildman–Crippen MR) is 99.4 cm³/mol. The highest BCUT2D eigenvalue weighted by molar-refractivity contribution is 6.06. The normalized spacial score (nSPS) is 13.3. The molecule has 0 N–H and O–H groups in total. The van der Waals surface area contributed by atoms with Crippen LogP contribution in [0.2, 0.25) is 0 Å². The molecule has 0 unspecified atom stereocenters. The topological polar surface area (TPSA) is 82.1 Å². The van der Waals surface area contributed by atoms with E-state index in [1.807, 2.05) is 6.92 Å². The Labute approximate surface area is 157 Å². The standard InChI is InChI=1S/C20H21NO6/c1-5-27-17-10-9-14(13(2)22)12-16(17)21-11-7-6-8-15(19(23)25-3)18(21)20(24)26-4/h6-12H,5H2,1-4H3. The average molecular weight is 371 g/mol. The Kier molecular flexibility index (Phi) is 6.54. The quantitative estimate of drug-likeness (QED) is 0.562. The van der Waals surface area contributed by atoms with Crippen molar-refractivity contribution in [3.63, 3.8) is 0 Å². The first-order chi connectivity index (χ1) is 12.9. The van der Waals surface area contributed by atoms with Crippen molar-refractivity contribution < 1.29 is 28.6 Å². The number of hydrogen-bond donors (Lipinski definition) is 0. The Hall–Kier alpha value is -3.35. The van der Waals surface area contributed by atoms with Gasteiger partial charge in [0, 0.05) is 11.8 Å². The van der Waals surface area contributed by atoms with E-state index in [1.165, 1.54) is 32.1 Å². The van der Waals surface area contributed by atoms with Crippen LogP contribution in [0.1, 0.15) is 24.2 Å². The van der Waals surface area contributed by atoms with E-state index in [0.717, 1.165) is 0 Å². The lowest BCUT2D eigenvalue weighted by Crippen LogP contribution is -2.27. The summed E-state index contributed by atoms with van der Waals surface area (Å²) in [6.07, 6.45) is 6.30. The summed E-state index contributed by atoms with van der Waals surface area (Å²) in [6.45, 7) is 3.64. The molecule has 0 saturated heterocycles. The molecule has 1 aromatic rings.